The normalized spacial score (nSPS) is 17.9. The summed E-state index contributed by atoms with van der Waals surface area (Å²) in [4.78, 5) is 2.18. The monoisotopic (exact) mass is 282 g/mol. The predicted octanol–water partition coefficient (Wildman–Crippen LogP) is 1.30. The van der Waals surface area contributed by atoms with E-state index in [9.17, 15) is 13.2 Å². The topological polar surface area (TPSA) is 50.3 Å². The Morgan fingerprint density at radius 1 is 1.28 bits per heavy atom. The van der Waals surface area contributed by atoms with Gasteiger partial charge in [0, 0.05) is 26.2 Å². The highest BCUT2D eigenvalue weighted by Gasteiger charge is 2.35. The predicted molar refractivity (Wildman–Crippen MR) is 60.7 cm³/mol. The fourth-order valence-corrected chi connectivity index (χ4v) is 2.19. The molecule has 0 unspecified atom stereocenters. The summed E-state index contributed by atoms with van der Waals surface area (Å²) in [6.07, 6.45) is -4.41. The van der Waals surface area contributed by atoms with E-state index in [1.165, 1.54) is 0 Å². The molecule has 1 aromatic heterocycles. The van der Waals surface area contributed by atoms with Gasteiger partial charge in [-0.3, -0.25) is 4.90 Å². The van der Waals surface area contributed by atoms with Crippen LogP contribution in [0.2, 0.25) is 0 Å². The third-order valence-corrected chi connectivity index (χ3v) is 3.40. The maximum absolute atomic E-state index is 12.3. The van der Waals surface area contributed by atoms with Gasteiger partial charge in [0.25, 0.3) is 0 Å². The van der Waals surface area contributed by atoms with Crippen LogP contribution < -0.4 is 5.32 Å². The van der Waals surface area contributed by atoms with Crippen molar-refractivity contribution in [3.05, 3.63) is 5.01 Å². The number of hydrogen-bond acceptors (Lipinski definition) is 6. The quantitative estimate of drug-likeness (QED) is 0.902. The number of morpholine rings is 1. The molecule has 2 heterocycles. The highest BCUT2D eigenvalue weighted by molar-refractivity contribution is 7.15. The Kier molecular flexibility index (Phi) is 4.36. The molecule has 1 aliphatic rings. The van der Waals surface area contributed by atoms with Crippen molar-refractivity contribution in [3.63, 3.8) is 0 Å². The van der Waals surface area contributed by atoms with E-state index in [0.717, 1.165) is 19.6 Å². The van der Waals surface area contributed by atoms with Gasteiger partial charge in [0.05, 0.1) is 13.2 Å². The molecule has 0 amide bonds. The van der Waals surface area contributed by atoms with E-state index in [-0.39, 0.29) is 5.13 Å². The third kappa shape index (κ3) is 3.79. The second-order valence-electron chi connectivity index (χ2n) is 3.79. The van der Waals surface area contributed by atoms with Crippen molar-refractivity contribution in [1.82, 2.24) is 15.1 Å². The van der Waals surface area contributed by atoms with Crippen LogP contribution in [0.15, 0.2) is 0 Å². The SMILES string of the molecule is FC(F)(F)c1nnc(NCCN2CCOCC2)s1. The van der Waals surface area contributed by atoms with E-state index >= 15 is 0 Å². The van der Waals surface area contributed by atoms with Gasteiger partial charge in [-0.15, -0.1) is 10.2 Å². The Balaban J connectivity index is 1.74. The first-order valence-corrected chi connectivity index (χ1v) is 6.32. The molecule has 0 radical (unpaired) electrons. The smallest absolute Gasteiger partial charge is 0.379 e. The molecule has 0 atom stereocenters. The first-order chi connectivity index (χ1) is 8.55. The average molecular weight is 282 g/mol. The van der Waals surface area contributed by atoms with Crippen LogP contribution in [0.4, 0.5) is 18.3 Å². The molecule has 0 aliphatic carbocycles. The van der Waals surface area contributed by atoms with E-state index in [1.807, 2.05) is 0 Å². The Labute approximate surface area is 106 Å². The number of nitrogens with one attached hydrogen (secondary N) is 1. The molecule has 18 heavy (non-hydrogen) atoms. The fraction of sp³-hybridized carbons (Fsp3) is 0.778. The summed E-state index contributed by atoms with van der Waals surface area (Å²) in [6, 6.07) is 0. The fourth-order valence-electron chi connectivity index (χ4n) is 1.55. The van der Waals surface area contributed by atoms with Crippen LogP contribution in [0.25, 0.3) is 0 Å². The molecule has 0 aromatic carbocycles. The van der Waals surface area contributed by atoms with Crippen LogP contribution >= 0.6 is 11.3 Å². The van der Waals surface area contributed by atoms with Gasteiger partial charge in [0.1, 0.15) is 0 Å². The summed E-state index contributed by atoms with van der Waals surface area (Å²) in [5.41, 5.74) is 0. The number of ether oxygens (including phenoxy) is 1. The molecule has 1 aromatic rings. The van der Waals surface area contributed by atoms with Gasteiger partial charge in [-0.1, -0.05) is 11.3 Å². The Morgan fingerprint density at radius 2 is 2.00 bits per heavy atom. The molecule has 102 valence electrons. The maximum Gasteiger partial charge on any atom is 0.445 e. The minimum atomic E-state index is -4.41. The van der Waals surface area contributed by atoms with Gasteiger partial charge in [-0.25, -0.2) is 0 Å². The van der Waals surface area contributed by atoms with Crippen LogP contribution in [0.5, 0.6) is 0 Å². The molecule has 0 spiro atoms. The van der Waals surface area contributed by atoms with E-state index in [2.05, 4.69) is 20.4 Å². The van der Waals surface area contributed by atoms with Crippen molar-refractivity contribution in [2.45, 2.75) is 6.18 Å². The average Bonchev–Trinajstić information content (AvgIpc) is 2.79. The molecule has 1 saturated heterocycles. The van der Waals surface area contributed by atoms with Crippen molar-refractivity contribution in [2.75, 3.05) is 44.7 Å². The van der Waals surface area contributed by atoms with Crippen molar-refractivity contribution in [1.29, 1.82) is 0 Å². The largest absolute Gasteiger partial charge is 0.445 e. The summed E-state index contributed by atoms with van der Waals surface area (Å²) in [5, 5.41) is 8.69. The number of anilines is 1. The number of rotatable bonds is 4. The lowest BCUT2D eigenvalue weighted by molar-refractivity contribution is -0.138. The first-order valence-electron chi connectivity index (χ1n) is 5.50. The highest BCUT2D eigenvalue weighted by Crippen LogP contribution is 2.32. The number of hydrogen-bond donors (Lipinski definition) is 1. The van der Waals surface area contributed by atoms with Gasteiger partial charge in [-0.05, 0) is 0 Å². The van der Waals surface area contributed by atoms with E-state index in [0.29, 0.717) is 31.1 Å². The number of alkyl halides is 3. The van der Waals surface area contributed by atoms with Crippen LogP contribution in [0.1, 0.15) is 5.01 Å². The molecule has 9 heteroatoms. The lowest BCUT2D eigenvalue weighted by atomic mass is 10.4. The molecule has 1 fully saturated rings. The molecular weight excluding hydrogens is 269 g/mol. The summed E-state index contributed by atoms with van der Waals surface area (Å²) in [7, 11) is 0. The summed E-state index contributed by atoms with van der Waals surface area (Å²) < 4.78 is 42.0. The summed E-state index contributed by atoms with van der Waals surface area (Å²) >= 11 is 0.525. The number of nitrogens with zero attached hydrogens (tertiary/aromatic N) is 3. The molecule has 1 aliphatic heterocycles. The summed E-state index contributed by atoms with van der Waals surface area (Å²) in [6.45, 7) is 4.42. The van der Waals surface area contributed by atoms with Gasteiger partial charge in [0.15, 0.2) is 0 Å². The van der Waals surface area contributed by atoms with Gasteiger partial charge in [0.2, 0.25) is 10.1 Å². The second-order valence-corrected chi connectivity index (χ2v) is 4.77. The van der Waals surface area contributed by atoms with E-state index in [1.54, 1.807) is 0 Å². The van der Waals surface area contributed by atoms with E-state index in [4.69, 9.17) is 4.74 Å². The molecule has 2 rings (SSSR count). The van der Waals surface area contributed by atoms with Crippen LogP contribution in [0.3, 0.4) is 0 Å². The lowest BCUT2D eigenvalue weighted by Crippen LogP contribution is -2.38. The Morgan fingerprint density at radius 3 is 2.61 bits per heavy atom. The third-order valence-electron chi connectivity index (χ3n) is 2.48. The van der Waals surface area contributed by atoms with Crippen molar-refractivity contribution >= 4 is 16.5 Å². The van der Waals surface area contributed by atoms with Gasteiger partial charge in [-0.2, -0.15) is 13.2 Å². The number of halogens is 3. The molecular formula is C9H13F3N4OS. The zero-order chi connectivity index (χ0) is 13.0. The minimum absolute atomic E-state index is 0.204. The summed E-state index contributed by atoms with van der Waals surface area (Å²) in [5.74, 6) is 0. The standard InChI is InChI=1S/C9H13F3N4OS/c10-9(11,12)7-14-15-8(18-7)13-1-2-16-3-5-17-6-4-16/h1-6H2,(H,13,15). The van der Waals surface area contributed by atoms with Crippen molar-refractivity contribution in [2.24, 2.45) is 0 Å². The minimum Gasteiger partial charge on any atom is -0.379 e. The highest BCUT2D eigenvalue weighted by atomic mass is 32.1. The van der Waals surface area contributed by atoms with Gasteiger partial charge >= 0.3 is 6.18 Å². The van der Waals surface area contributed by atoms with E-state index < -0.39 is 11.2 Å². The Bertz CT molecular complexity index is 378. The lowest BCUT2D eigenvalue weighted by Gasteiger charge is -2.26. The van der Waals surface area contributed by atoms with Crippen LogP contribution in [-0.2, 0) is 10.9 Å². The zero-order valence-electron chi connectivity index (χ0n) is 9.53. The van der Waals surface area contributed by atoms with Gasteiger partial charge < -0.3 is 10.1 Å². The molecule has 1 N–H and O–H groups in total. The van der Waals surface area contributed by atoms with Crippen LogP contribution in [0, 0.1) is 0 Å². The zero-order valence-corrected chi connectivity index (χ0v) is 10.4. The molecule has 0 bridgehead atoms. The molecule has 0 saturated carbocycles. The van der Waals surface area contributed by atoms with Crippen molar-refractivity contribution in [3.8, 4) is 0 Å². The van der Waals surface area contributed by atoms with Crippen LogP contribution in [-0.4, -0.2) is 54.5 Å². The number of aromatic nitrogens is 2. The molecule has 5 nitrogen and oxygen atoms in total. The second kappa shape index (κ2) is 5.81. The first kappa shape index (κ1) is 13.5. The Hall–Kier alpha value is -0.930. The van der Waals surface area contributed by atoms with Crippen molar-refractivity contribution < 1.29 is 17.9 Å². The maximum atomic E-state index is 12.3.